The zero-order chi connectivity index (χ0) is 15.3. The molecule has 0 atom stereocenters. The number of carbonyl (C=O) groups is 1. The Labute approximate surface area is 128 Å². The number of carboxylic acids is 1. The van der Waals surface area contributed by atoms with Crippen LogP contribution in [0.4, 0.5) is 0 Å². The van der Waals surface area contributed by atoms with Gasteiger partial charge in [0.2, 0.25) is 0 Å². The minimum Gasteiger partial charge on any atom is -0.477 e. The number of carboxylic acid groups (broad SMARTS) is 1. The van der Waals surface area contributed by atoms with Gasteiger partial charge in [0.05, 0.1) is 0 Å². The summed E-state index contributed by atoms with van der Waals surface area (Å²) < 4.78 is 0. The van der Waals surface area contributed by atoms with E-state index in [4.69, 9.17) is 5.11 Å². The highest BCUT2D eigenvalue weighted by Crippen LogP contribution is 2.10. The van der Waals surface area contributed by atoms with Gasteiger partial charge in [-0.05, 0) is 30.9 Å². The third kappa shape index (κ3) is 8.38. The van der Waals surface area contributed by atoms with Gasteiger partial charge in [-0.1, -0.05) is 64.0 Å². The quantitative estimate of drug-likeness (QED) is 0.403. The summed E-state index contributed by atoms with van der Waals surface area (Å²) in [6.45, 7) is 2.25. The number of unbranched alkanes of at least 4 members (excludes halogenated alkanes) is 8. The first kappa shape index (κ1) is 17.5. The zero-order valence-corrected chi connectivity index (χ0v) is 13.2. The molecular formula is C18H29NO2. The number of rotatable bonds is 12. The van der Waals surface area contributed by atoms with Crippen molar-refractivity contribution in [3.8, 4) is 0 Å². The largest absolute Gasteiger partial charge is 0.477 e. The lowest BCUT2D eigenvalue weighted by Crippen LogP contribution is -1.94. The first-order valence-electron chi connectivity index (χ1n) is 8.29. The van der Waals surface area contributed by atoms with Gasteiger partial charge in [0.1, 0.15) is 5.69 Å². The maximum atomic E-state index is 10.7. The number of hydrogen-bond donors (Lipinski definition) is 2. The molecule has 2 N–H and O–H groups in total. The van der Waals surface area contributed by atoms with Crippen molar-refractivity contribution < 1.29 is 9.90 Å². The lowest BCUT2D eigenvalue weighted by molar-refractivity contribution is 0.0691. The Bertz CT molecular complexity index is 421. The molecule has 1 aromatic rings. The molecule has 0 unspecified atom stereocenters. The Morgan fingerprint density at radius 1 is 1.10 bits per heavy atom. The van der Waals surface area contributed by atoms with E-state index >= 15 is 0 Å². The second kappa shape index (κ2) is 11.2. The molecule has 1 heterocycles. The fourth-order valence-electron chi connectivity index (χ4n) is 2.41. The molecule has 1 aromatic heterocycles. The average Bonchev–Trinajstić information content (AvgIpc) is 2.94. The van der Waals surface area contributed by atoms with E-state index in [1.54, 1.807) is 12.3 Å². The number of nitrogens with one attached hydrogen (secondary N) is 1. The number of H-pyrrole nitrogens is 1. The third-order valence-electron chi connectivity index (χ3n) is 3.72. The van der Waals surface area contributed by atoms with Crippen LogP contribution in [0.25, 0.3) is 0 Å². The maximum absolute atomic E-state index is 10.7. The molecule has 0 saturated carbocycles. The summed E-state index contributed by atoms with van der Waals surface area (Å²) in [6, 6.07) is 1.70. The van der Waals surface area contributed by atoms with Crippen LogP contribution in [0, 0.1) is 0 Å². The lowest BCUT2D eigenvalue weighted by Gasteiger charge is -1.99. The summed E-state index contributed by atoms with van der Waals surface area (Å²) in [5, 5.41) is 8.81. The predicted octanol–water partition coefficient (Wildman–Crippen LogP) is 5.34. The minimum absolute atomic E-state index is 0.265. The van der Waals surface area contributed by atoms with Crippen LogP contribution in [-0.2, 0) is 6.42 Å². The summed E-state index contributed by atoms with van der Waals surface area (Å²) in [5.41, 5.74) is 1.29. The van der Waals surface area contributed by atoms with Crippen molar-refractivity contribution in [2.75, 3.05) is 0 Å². The summed E-state index contributed by atoms with van der Waals surface area (Å²) in [4.78, 5) is 13.5. The Kier molecular flexibility index (Phi) is 9.34. The standard InChI is InChI=1S/C18H29NO2/c1-2-3-4-5-6-7-8-9-10-11-12-13-16-14-17(18(20)21)19-15-16/h11-12,14-15,19H,2-10,13H2,1H3,(H,20,21). The van der Waals surface area contributed by atoms with Crippen molar-refractivity contribution in [2.24, 2.45) is 0 Å². The Morgan fingerprint density at radius 2 is 1.76 bits per heavy atom. The second-order valence-corrected chi connectivity index (χ2v) is 5.67. The van der Waals surface area contributed by atoms with Gasteiger partial charge in [-0.2, -0.15) is 0 Å². The van der Waals surface area contributed by atoms with E-state index in [9.17, 15) is 4.79 Å². The molecule has 0 bridgehead atoms. The number of hydrogen-bond acceptors (Lipinski definition) is 1. The zero-order valence-electron chi connectivity index (χ0n) is 13.2. The van der Waals surface area contributed by atoms with Crippen molar-refractivity contribution in [2.45, 2.75) is 71.1 Å². The van der Waals surface area contributed by atoms with Crippen molar-refractivity contribution in [1.29, 1.82) is 0 Å². The molecule has 1 rings (SSSR count). The van der Waals surface area contributed by atoms with Crippen LogP contribution in [0.3, 0.4) is 0 Å². The van der Waals surface area contributed by atoms with Crippen LogP contribution in [0.2, 0.25) is 0 Å². The van der Waals surface area contributed by atoms with Gasteiger partial charge < -0.3 is 10.1 Å². The number of aromatic amines is 1. The highest BCUT2D eigenvalue weighted by Gasteiger charge is 2.04. The van der Waals surface area contributed by atoms with Crippen LogP contribution in [0.15, 0.2) is 24.4 Å². The molecule has 0 aliphatic rings. The fraction of sp³-hybridized carbons (Fsp3) is 0.611. The summed E-state index contributed by atoms with van der Waals surface area (Å²) >= 11 is 0. The average molecular weight is 291 g/mol. The number of allylic oxidation sites excluding steroid dienone is 2. The fourth-order valence-corrected chi connectivity index (χ4v) is 2.41. The summed E-state index contributed by atoms with van der Waals surface area (Å²) in [6.07, 6.45) is 18.9. The normalized spacial score (nSPS) is 11.3. The molecule has 0 saturated heterocycles. The van der Waals surface area contributed by atoms with E-state index in [2.05, 4.69) is 24.1 Å². The van der Waals surface area contributed by atoms with Crippen molar-refractivity contribution >= 4 is 5.97 Å². The van der Waals surface area contributed by atoms with Gasteiger partial charge in [-0.3, -0.25) is 0 Å². The molecule has 0 aliphatic carbocycles. The van der Waals surface area contributed by atoms with E-state index in [-0.39, 0.29) is 5.69 Å². The molecule has 0 fully saturated rings. The van der Waals surface area contributed by atoms with Crippen LogP contribution in [0.1, 0.15) is 80.8 Å². The molecule has 118 valence electrons. The Morgan fingerprint density at radius 3 is 2.38 bits per heavy atom. The van der Waals surface area contributed by atoms with Crippen LogP contribution >= 0.6 is 0 Å². The monoisotopic (exact) mass is 291 g/mol. The van der Waals surface area contributed by atoms with E-state index in [0.29, 0.717) is 0 Å². The molecule has 0 aromatic carbocycles. The molecule has 0 spiro atoms. The van der Waals surface area contributed by atoms with E-state index in [1.807, 2.05) is 0 Å². The van der Waals surface area contributed by atoms with E-state index in [1.165, 1.54) is 51.4 Å². The van der Waals surface area contributed by atoms with Gasteiger partial charge in [-0.15, -0.1) is 0 Å². The van der Waals surface area contributed by atoms with Crippen molar-refractivity contribution in [3.05, 3.63) is 35.7 Å². The van der Waals surface area contributed by atoms with Gasteiger partial charge in [0, 0.05) is 6.20 Å². The van der Waals surface area contributed by atoms with Gasteiger partial charge in [0.15, 0.2) is 0 Å². The lowest BCUT2D eigenvalue weighted by atomic mass is 10.1. The molecule has 3 nitrogen and oxygen atoms in total. The molecule has 0 radical (unpaired) electrons. The first-order valence-corrected chi connectivity index (χ1v) is 8.29. The van der Waals surface area contributed by atoms with Crippen LogP contribution in [-0.4, -0.2) is 16.1 Å². The first-order chi connectivity index (χ1) is 10.2. The molecular weight excluding hydrogens is 262 g/mol. The van der Waals surface area contributed by atoms with E-state index in [0.717, 1.165) is 18.4 Å². The molecule has 0 aliphatic heterocycles. The van der Waals surface area contributed by atoms with Gasteiger partial charge in [-0.25, -0.2) is 4.79 Å². The minimum atomic E-state index is -0.899. The molecule has 3 heteroatoms. The van der Waals surface area contributed by atoms with Gasteiger partial charge >= 0.3 is 5.97 Å². The van der Waals surface area contributed by atoms with Crippen molar-refractivity contribution in [1.82, 2.24) is 4.98 Å². The third-order valence-corrected chi connectivity index (χ3v) is 3.72. The van der Waals surface area contributed by atoms with Crippen LogP contribution < -0.4 is 0 Å². The Balaban J connectivity index is 1.98. The summed E-state index contributed by atoms with van der Waals surface area (Å²) in [5.74, 6) is -0.899. The highest BCUT2D eigenvalue weighted by atomic mass is 16.4. The highest BCUT2D eigenvalue weighted by molar-refractivity contribution is 5.85. The SMILES string of the molecule is CCCCCCCCCCC=CCc1c[nH]c(C(=O)O)c1. The predicted molar refractivity (Wildman–Crippen MR) is 87.8 cm³/mol. The molecule has 21 heavy (non-hydrogen) atoms. The number of aromatic carboxylic acids is 1. The van der Waals surface area contributed by atoms with Crippen LogP contribution in [0.5, 0.6) is 0 Å². The topological polar surface area (TPSA) is 53.1 Å². The second-order valence-electron chi connectivity index (χ2n) is 5.67. The smallest absolute Gasteiger partial charge is 0.352 e. The Hall–Kier alpha value is -1.51. The summed E-state index contributed by atoms with van der Waals surface area (Å²) in [7, 11) is 0. The van der Waals surface area contributed by atoms with E-state index < -0.39 is 5.97 Å². The van der Waals surface area contributed by atoms with Crippen molar-refractivity contribution in [3.63, 3.8) is 0 Å². The molecule has 0 amide bonds. The maximum Gasteiger partial charge on any atom is 0.352 e. The number of aromatic nitrogens is 1. The van der Waals surface area contributed by atoms with Gasteiger partial charge in [0.25, 0.3) is 0 Å².